The summed E-state index contributed by atoms with van der Waals surface area (Å²) in [5, 5.41) is 2.10. The number of benzene rings is 2. The number of carbonyl (C=O) groups excluding carboxylic acids is 1. The normalized spacial score (nSPS) is 18.6. The molecule has 2 atom stereocenters. The van der Waals surface area contributed by atoms with Crippen molar-refractivity contribution in [2.75, 3.05) is 13.1 Å². The van der Waals surface area contributed by atoms with Crippen LogP contribution >= 0.6 is 11.6 Å². The van der Waals surface area contributed by atoms with Crippen molar-refractivity contribution >= 4 is 17.5 Å². The summed E-state index contributed by atoms with van der Waals surface area (Å²) < 4.78 is 53.1. The Hall–Kier alpha value is -2.12. The molecule has 2 aromatic carbocycles. The Kier molecular flexibility index (Phi) is 6.49. The van der Waals surface area contributed by atoms with E-state index in [0.29, 0.717) is 18.2 Å². The molecule has 0 radical (unpaired) electrons. The quantitative estimate of drug-likeness (QED) is 0.642. The van der Waals surface area contributed by atoms with Crippen LogP contribution in [0.4, 0.5) is 17.6 Å². The minimum atomic E-state index is -4.67. The zero-order chi connectivity index (χ0) is 21.2. The molecule has 0 spiro atoms. The number of hydrogen-bond donors (Lipinski definition) is 1. The van der Waals surface area contributed by atoms with E-state index in [4.69, 9.17) is 11.6 Å². The lowest BCUT2D eigenvalue weighted by Crippen LogP contribution is -2.39. The maximum Gasteiger partial charge on any atom is 0.417 e. The maximum absolute atomic E-state index is 13.8. The zero-order valence-corrected chi connectivity index (χ0v) is 16.5. The van der Waals surface area contributed by atoms with Gasteiger partial charge >= 0.3 is 6.18 Å². The van der Waals surface area contributed by atoms with E-state index in [0.717, 1.165) is 31.5 Å². The standard InChI is InChI=1S/C21H21ClF4N2O/c1-13-5-4-10-28(13)12-18(14-6-2-7-15(23)11-14)27-20(29)16-8-3-9-17(19(16)22)21(24,25)26/h2-3,6-9,11,13,18H,4-5,10,12H2,1H3,(H,27,29)/t13?,18-/m1/s1. The fourth-order valence-electron chi connectivity index (χ4n) is 3.62. The lowest BCUT2D eigenvalue weighted by atomic mass is 10.0. The number of carbonyl (C=O) groups is 1. The molecule has 0 saturated carbocycles. The molecule has 1 saturated heterocycles. The van der Waals surface area contributed by atoms with Crippen LogP contribution in [0.3, 0.4) is 0 Å². The Morgan fingerprint density at radius 3 is 2.62 bits per heavy atom. The van der Waals surface area contributed by atoms with E-state index in [1.807, 2.05) is 0 Å². The molecule has 1 amide bonds. The van der Waals surface area contributed by atoms with Crippen LogP contribution in [-0.4, -0.2) is 29.9 Å². The molecule has 1 fully saturated rings. The second-order valence-corrected chi connectivity index (χ2v) is 7.61. The molecular formula is C21H21ClF4N2O. The highest BCUT2D eigenvalue weighted by molar-refractivity contribution is 6.34. The van der Waals surface area contributed by atoms with Crippen molar-refractivity contribution in [3.63, 3.8) is 0 Å². The highest BCUT2D eigenvalue weighted by atomic mass is 35.5. The Morgan fingerprint density at radius 2 is 2.00 bits per heavy atom. The highest BCUT2D eigenvalue weighted by Crippen LogP contribution is 2.36. The Morgan fingerprint density at radius 1 is 1.28 bits per heavy atom. The Balaban J connectivity index is 1.88. The number of halogens is 5. The molecule has 1 heterocycles. The predicted molar refractivity (Wildman–Crippen MR) is 103 cm³/mol. The summed E-state index contributed by atoms with van der Waals surface area (Å²) in [6.45, 7) is 3.33. The molecule has 0 aliphatic carbocycles. The van der Waals surface area contributed by atoms with Crippen LogP contribution in [0.2, 0.25) is 5.02 Å². The van der Waals surface area contributed by atoms with Crippen LogP contribution in [-0.2, 0) is 6.18 Å². The molecule has 3 rings (SSSR count). The number of likely N-dealkylation sites (tertiary alicyclic amines) is 1. The van der Waals surface area contributed by atoms with E-state index in [-0.39, 0.29) is 5.56 Å². The van der Waals surface area contributed by atoms with E-state index in [9.17, 15) is 22.4 Å². The van der Waals surface area contributed by atoms with Crippen molar-refractivity contribution in [1.29, 1.82) is 0 Å². The van der Waals surface area contributed by atoms with Gasteiger partial charge in [-0.1, -0.05) is 29.8 Å². The first-order valence-electron chi connectivity index (χ1n) is 9.33. The van der Waals surface area contributed by atoms with Gasteiger partial charge in [-0.15, -0.1) is 0 Å². The number of hydrogen-bond acceptors (Lipinski definition) is 2. The van der Waals surface area contributed by atoms with Gasteiger partial charge in [0.2, 0.25) is 0 Å². The number of amides is 1. The second-order valence-electron chi connectivity index (χ2n) is 7.23. The van der Waals surface area contributed by atoms with E-state index >= 15 is 0 Å². The molecule has 2 aromatic rings. The molecule has 0 bridgehead atoms. The van der Waals surface area contributed by atoms with Gasteiger partial charge in [0, 0.05) is 12.6 Å². The summed E-state index contributed by atoms with van der Waals surface area (Å²) in [7, 11) is 0. The summed E-state index contributed by atoms with van der Waals surface area (Å²) >= 11 is 5.89. The number of rotatable bonds is 5. The zero-order valence-electron chi connectivity index (χ0n) is 15.8. The molecule has 8 heteroatoms. The average Bonchev–Trinajstić information content (AvgIpc) is 3.05. The largest absolute Gasteiger partial charge is 0.417 e. The minimum absolute atomic E-state index is 0.266. The third-order valence-corrected chi connectivity index (χ3v) is 5.62. The molecule has 1 N–H and O–H groups in total. The van der Waals surface area contributed by atoms with Crippen molar-refractivity contribution in [3.8, 4) is 0 Å². The van der Waals surface area contributed by atoms with E-state index in [1.54, 1.807) is 6.07 Å². The Labute approximate surface area is 171 Å². The molecule has 3 nitrogen and oxygen atoms in total. The van der Waals surface area contributed by atoms with Gasteiger partial charge in [-0.05, 0) is 56.1 Å². The third kappa shape index (κ3) is 5.08. The summed E-state index contributed by atoms with van der Waals surface area (Å²) in [5.74, 6) is -1.18. The van der Waals surface area contributed by atoms with Crippen molar-refractivity contribution in [2.45, 2.75) is 38.0 Å². The van der Waals surface area contributed by atoms with Crippen LogP contribution < -0.4 is 5.32 Å². The summed E-state index contributed by atoms with van der Waals surface area (Å²) in [4.78, 5) is 15.0. The van der Waals surface area contributed by atoms with Gasteiger partial charge in [0.05, 0.1) is 22.2 Å². The van der Waals surface area contributed by atoms with Crippen LogP contribution in [0.1, 0.15) is 47.3 Å². The summed E-state index contributed by atoms with van der Waals surface area (Å²) in [6.07, 6.45) is -2.63. The fourth-order valence-corrected chi connectivity index (χ4v) is 3.94. The smallest absolute Gasteiger partial charge is 0.344 e. The first kappa shape index (κ1) is 21.6. The van der Waals surface area contributed by atoms with Crippen molar-refractivity contribution in [3.05, 3.63) is 70.0 Å². The fraction of sp³-hybridized carbons (Fsp3) is 0.381. The summed E-state index contributed by atoms with van der Waals surface area (Å²) in [6, 6.07) is 8.76. The number of nitrogens with one attached hydrogen (secondary N) is 1. The first-order chi connectivity index (χ1) is 13.7. The average molecular weight is 429 g/mol. The maximum atomic E-state index is 13.8. The first-order valence-corrected chi connectivity index (χ1v) is 9.70. The van der Waals surface area contributed by atoms with Crippen molar-refractivity contribution in [1.82, 2.24) is 10.2 Å². The molecule has 1 aliphatic heterocycles. The van der Waals surface area contributed by atoms with Gasteiger partial charge in [-0.3, -0.25) is 9.69 Å². The Bertz CT molecular complexity index is 887. The van der Waals surface area contributed by atoms with Gasteiger partial charge in [-0.2, -0.15) is 13.2 Å². The number of alkyl halides is 3. The van der Waals surface area contributed by atoms with Crippen molar-refractivity contribution in [2.24, 2.45) is 0 Å². The predicted octanol–water partition coefficient (Wildman–Crippen LogP) is 5.45. The molecule has 1 aliphatic rings. The van der Waals surface area contributed by atoms with Crippen LogP contribution in [0.5, 0.6) is 0 Å². The van der Waals surface area contributed by atoms with Crippen LogP contribution in [0, 0.1) is 5.82 Å². The van der Waals surface area contributed by atoms with E-state index in [1.165, 1.54) is 24.3 Å². The summed E-state index contributed by atoms with van der Waals surface area (Å²) in [5.41, 5.74) is -0.791. The molecule has 29 heavy (non-hydrogen) atoms. The molecular weight excluding hydrogens is 408 g/mol. The lowest BCUT2D eigenvalue weighted by molar-refractivity contribution is -0.137. The molecule has 0 aromatic heterocycles. The monoisotopic (exact) mass is 428 g/mol. The van der Waals surface area contributed by atoms with Gasteiger partial charge in [0.1, 0.15) is 5.82 Å². The number of nitrogens with zero attached hydrogens (tertiary/aromatic N) is 1. The van der Waals surface area contributed by atoms with Gasteiger partial charge < -0.3 is 5.32 Å². The molecule has 156 valence electrons. The molecule has 1 unspecified atom stereocenters. The van der Waals surface area contributed by atoms with Crippen LogP contribution in [0.15, 0.2) is 42.5 Å². The minimum Gasteiger partial charge on any atom is -0.344 e. The topological polar surface area (TPSA) is 32.3 Å². The second kappa shape index (κ2) is 8.71. The van der Waals surface area contributed by atoms with Crippen LogP contribution in [0.25, 0.3) is 0 Å². The highest BCUT2D eigenvalue weighted by Gasteiger charge is 2.35. The van der Waals surface area contributed by atoms with E-state index < -0.39 is 34.5 Å². The third-order valence-electron chi connectivity index (χ3n) is 5.21. The van der Waals surface area contributed by atoms with Gasteiger partial charge in [0.15, 0.2) is 0 Å². The van der Waals surface area contributed by atoms with Gasteiger partial charge in [-0.25, -0.2) is 4.39 Å². The SMILES string of the molecule is CC1CCCN1C[C@@H](NC(=O)c1cccc(C(F)(F)F)c1Cl)c1cccc(F)c1. The van der Waals surface area contributed by atoms with Gasteiger partial charge in [0.25, 0.3) is 5.91 Å². The lowest BCUT2D eigenvalue weighted by Gasteiger charge is -2.28. The van der Waals surface area contributed by atoms with Crippen molar-refractivity contribution < 1.29 is 22.4 Å². The van der Waals surface area contributed by atoms with E-state index in [2.05, 4.69) is 17.1 Å².